The van der Waals surface area contributed by atoms with E-state index in [0.717, 1.165) is 11.4 Å². The fraction of sp³-hybridized carbons (Fsp3) is 0.111. The van der Waals surface area contributed by atoms with E-state index in [2.05, 4.69) is 20.3 Å². The van der Waals surface area contributed by atoms with Crippen molar-refractivity contribution < 1.29 is 9.53 Å². The second kappa shape index (κ2) is 6.87. The van der Waals surface area contributed by atoms with Gasteiger partial charge in [-0.3, -0.25) is 9.78 Å². The zero-order chi connectivity index (χ0) is 16.9. The van der Waals surface area contributed by atoms with Gasteiger partial charge in [-0.25, -0.2) is 9.97 Å². The average Bonchev–Trinajstić information content (AvgIpc) is 2.56. The standard InChI is InChI=1S/C18H16N4O2/c1-12-11-13(2)21-18(20-12)24-16-5-3-15(4-6-16)22-17(23)14-7-9-19-10-8-14/h3-11H,1-2H3,(H,22,23). The first-order valence-electron chi connectivity index (χ1n) is 7.42. The molecule has 3 aromatic rings. The number of aryl methyl sites for hydroxylation is 2. The number of rotatable bonds is 4. The number of amides is 1. The number of nitrogens with one attached hydrogen (secondary N) is 1. The van der Waals surface area contributed by atoms with Gasteiger partial charge in [0.2, 0.25) is 0 Å². The summed E-state index contributed by atoms with van der Waals surface area (Å²) in [5.74, 6) is 0.408. The molecule has 0 radical (unpaired) electrons. The van der Waals surface area contributed by atoms with Gasteiger partial charge in [0.25, 0.3) is 5.91 Å². The van der Waals surface area contributed by atoms with Gasteiger partial charge >= 0.3 is 6.01 Å². The van der Waals surface area contributed by atoms with Crippen molar-refractivity contribution in [1.29, 1.82) is 0 Å². The first kappa shape index (κ1) is 15.6. The van der Waals surface area contributed by atoms with Crippen molar-refractivity contribution in [2.75, 3.05) is 5.32 Å². The SMILES string of the molecule is Cc1cc(C)nc(Oc2ccc(NC(=O)c3ccncc3)cc2)n1. The Morgan fingerprint density at radius 1 is 0.958 bits per heavy atom. The summed E-state index contributed by atoms with van der Waals surface area (Å²) in [4.78, 5) is 24.4. The minimum atomic E-state index is -0.191. The van der Waals surface area contributed by atoms with Gasteiger partial charge < -0.3 is 10.1 Å². The molecule has 0 saturated carbocycles. The molecule has 24 heavy (non-hydrogen) atoms. The third-order valence-corrected chi connectivity index (χ3v) is 3.23. The molecule has 0 bridgehead atoms. The van der Waals surface area contributed by atoms with E-state index in [0.29, 0.717) is 23.0 Å². The molecule has 0 aliphatic heterocycles. The minimum absolute atomic E-state index is 0.191. The number of carbonyl (C=O) groups excluding carboxylic acids is 1. The zero-order valence-electron chi connectivity index (χ0n) is 13.4. The third-order valence-electron chi connectivity index (χ3n) is 3.23. The van der Waals surface area contributed by atoms with Gasteiger partial charge in [0.05, 0.1) is 0 Å². The van der Waals surface area contributed by atoms with E-state index in [1.807, 2.05) is 19.9 Å². The van der Waals surface area contributed by atoms with Crippen molar-refractivity contribution in [3.63, 3.8) is 0 Å². The third kappa shape index (κ3) is 3.92. The number of ether oxygens (including phenoxy) is 1. The zero-order valence-corrected chi connectivity index (χ0v) is 13.4. The predicted molar refractivity (Wildman–Crippen MR) is 90.2 cm³/mol. The lowest BCUT2D eigenvalue weighted by Gasteiger charge is -2.08. The summed E-state index contributed by atoms with van der Waals surface area (Å²) in [6.45, 7) is 3.78. The molecule has 2 aromatic heterocycles. The van der Waals surface area contributed by atoms with Gasteiger partial charge in [0.1, 0.15) is 5.75 Å². The van der Waals surface area contributed by atoms with Gasteiger partial charge in [-0.05, 0) is 56.3 Å². The maximum Gasteiger partial charge on any atom is 0.322 e. The van der Waals surface area contributed by atoms with E-state index in [1.165, 1.54) is 0 Å². The summed E-state index contributed by atoms with van der Waals surface area (Å²) in [5.41, 5.74) is 2.91. The molecular formula is C18H16N4O2. The number of benzene rings is 1. The lowest BCUT2D eigenvalue weighted by molar-refractivity contribution is 0.102. The number of pyridine rings is 1. The van der Waals surface area contributed by atoms with Crippen LogP contribution in [0.1, 0.15) is 21.7 Å². The Morgan fingerprint density at radius 2 is 1.58 bits per heavy atom. The molecule has 0 aliphatic carbocycles. The highest BCUT2D eigenvalue weighted by Gasteiger charge is 2.06. The Labute approximate surface area is 139 Å². The van der Waals surface area contributed by atoms with Crippen LogP contribution in [0.2, 0.25) is 0 Å². The molecule has 2 heterocycles. The van der Waals surface area contributed by atoms with Gasteiger partial charge in [0.15, 0.2) is 0 Å². The molecule has 0 atom stereocenters. The number of anilines is 1. The number of carbonyl (C=O) groups is 1. The van der Waals surface area contributed by atoms with Gasteiger partial charge in [0, 0.05) is 35.0 Å². The summed E-state index contributed by atoms with van der Waals surface area (Å²) in [5, 5.41) is 2.81. The van der Waals surface area contributed by atoms with Crippen LogP contribution in [0.25, 0.3) is 0 Å². The molecule has 0 fully saturated rings. The number of hydrogen-bond acceptors (Lipinski definition) is 5. The van der Waals surface area contributed by atoms with Crippen molar-refractivity contribution in [1.82, 2.24) is 15.0 Å². The molecule has 0 unspecified atom stereocenters. The fourth-order valence-electron chi connectivity index (χ4n) is 2.16. The summed E-state index contributed by atoms with van der Waals surface area (Å²) >= 11 is 0. The average molecular weight is 320 g/mol. The summed E-state index contributed by atoms with van der Waals surface area (Å²) in [6, 6.07) is 12.5. The molecule has 6 heteroatoms. The van der Waals surface area contributed by atoms with Crippen LogP contribution >= 0.6 is 0 Å². The van der Waals surface area contributed by atoms with E-state index in [1.54, 1.807) is 48.8 Å². The van der Waals surface area contributed by atoms with Crippen molar-refractivity contribution in [2.24, 2.45) is 0 Å². The number of nitrogens with zero attached hydrogens (tertiary/aromatic N) is 3. The topological polar surface area (TPSA) is 77.0 Å². The van der Waals surface area contributed by atoms with Crippen molar-refractivity contribution in [3.8, 4) is 11.8 Å². The molecule has 1 amide bonds. The van der Waals surface area contributed by atoms with Crippen molar-refractivity contribution in [2.45, 2.75) is 13.8 Å². The van der Waals surface area contributed by atoms with Crippen LogP contribution in [0.4, 0.5) is 5.69 Å². The van der Waals surface area contributed by atoms with Crippen LogP contribution in [0.15, 0.2) is 54.9 Å². The van der Waals surface area contributed by atoms with Gasteiger partial charge in [-0.15, -0.1) is 0 Å². The molecule has 120 valence electrons. The Balaban J connectivity index is 1.68. The van der Waals surface area contributed by atoms with Crippen LogP contribution in [0, 0.1) is 13.8 Å². The van der Waals surface area contributed by atoms with E-state index in [-0.39, 0.29) is 5.91 Å². The molecule has 6 nitrogen and oxygen atoms in total. The lowest BCUT2D eigenvalue weighted by atomic mass is 10.2. The summed E-state index contributed by atoms with van der Waals surface area (Å²) < 4.78 is 5.64. The van der Waals surface area contributed by atoms with Crippen molar-refractivity contribution >= 4 is 11.6 Å². The second-order valence-electron chi connectivity index (χ2n) is 5.25. The fourth-order valence-corrected chi connectivity index (χ4v) is 2.16. The quantitative estimate of drug-likeness (QED) is 0.795. The Morgan fingerprint density at radius 3 is 2.21 bits per heavy atom. The first-order chi connectivity index (χ1) is 11.6. The molecule has 1 N–H and O–H groups in total. The lowest BCUT2D eigenvalue weighted by Crippen LogP contribution is -2.11. The van der Waals surface area contributed by atoms with Crippen LogP contribution in [0.5, 0.6) is 11.8 Å². The van der Waals surface area contributed by atoms with Crippen LogP contribution in [0.3, 0.4) is 0 Å². The van der Waals surface area contributed by atoms with Crippen LogP contribution in [-0.4, -0.2) is 20.9 Å². The largest absolute Gasteiger partial charge is 0.424 e. The van der Waals surface area contributed by atoms with Crippen LogP contribution < -0.4 is 10.1 Å². The monoisotopic (exact) mass is 320 g/mol. The Bertz CT molecular complexity index is 828. The Kier molecular flexibility index (Phi) is 4.47. The molecular weight excluding hydrogens is 304 g/mol. The maximum absolute atomic E-state index is 12.1. The van der Waals surface area contributed by atoms with E-state index in [9.17, 15) is 4.79 Å². The molecule has 0 aliphatic rings. The van der Waals surface area contributed by atoms with Crippen LogP contribution in [-0.2, 0) is 0 Å². The number of aromatic nitrogens is 3. The smallest absolute Gasteiger partial charge is 0.322 e. The Hall–Kier alpha value is -3.28. The highest BCUT2D eigenvalue weighted by atomic mass is 16.5. The molecule has 0 saturated heterocycles. The summed E-state index contributed by atoms with van der Waals surface area (Å²) in [6.07, 6.45) is 3.16. The molecule has 1 aromatic carbocycles. The number of hydrogen-bond donors (Lipinski definition) is 1. The predicted octanol–water partition coefficient (Wildman–Crippen LogP) is 3.53. The van der Waals surface area contributed by atoms with E-state index >= 15 is 0 Å². The van der Waals surface area contributed by atoms with Gasteiger partial charge in [-0.2, -0.15) is 0 Å². The van der Waals surface area contributed by atoms with E-state index in [4.69, 9.17) is 4.74 Å². The first-order valence-corrected chi connectivity index (χ1v) is 7.42. The minimum Gasteiger partial charge on any atom is -0.424 e. The second-order valence-corrected chi connectivity index (χ2v) is 5.25. The summed E-state index contributed by atoms with van der Waals surface area (Å²) in [7, 11) is 0. The highest BCUT2D eigenvalue weighted by Crippen LogP contribution is 2.21. The van der Waals surface area contributed by atoms with E-state index < -0.39 is 0 Å². The highest BCUT2D eigenvalue weighted by molar-refractivity contribution is 6.04. The molecule has 3 rings (SSSR count). The van der Waals surface area contributed by atoms with Crippen molar-refractivity contribution in [3.05, 3.63) is 71.8 Å². The molecule has 0 spiro atoms. The maximum atomic E-state index is 12.1. The normalized spacial score (nSPS) is 10.2. The van der Waals surface area contributed by atoms with Gasteiger partial charge in [-0.1, -0.05) is 0 Å².